The molecule has 0 unspecified atom stereocenters. The van der Waals surface area contributed by atoms with Gasteiger partial charge in [-0.1, -0.05) is 12.1 Å². The van der Waals surface area contributed by atoms with Crippen molar-refractivity contribution in [2.24, 2.45) is 0 Å². The number of aromatic nitrogens is 1. The monoisotopic (exact) mass is 577 g/mol. The molecule has 0 aliphatic carbocycles. The van der Waals surface area contributed by atoms with Gasteiger partial charge in [0.2, 0.25) is 11.8 Å². The highest BCUT2D eigenvalue weighted by atomic mass is 16.5. The van der Waals surface area contributed by atoms with Crippen LogP contribution in [0.3, 0.4) is 0 Å². The Morgan fingerprint density at radius 2 is 1.70 bits per heavy atom. The standard InChI is InChI=1S/C34H35N5O4/c1-21-20-35-31(42-4)19-27(21)22-5-11-26-29(17-22)37-28-12-6-23(18-30(28)38-32(26)40)34(2,3)33(41)36-24-7-9-25(10-8-24)39-13-15-43-16-14-39/h5-12,17-20,37H,13-16H2,1-4H3,(H,36,41)(H,38,40). The molecule has 0 saturated carbocycles. The Bertz CT molecular complexity index is 1690. The van der Waals surface area contributed by atoms with Crippen molar-refractivity contribution in [1.82, 2.24) is 4.98 Å². The molecule has 2 amide bonds. The summed E-state index contributed by atoms with van der Waals surface area (Å²) in [4.78, 5) is 33.3. The maximum atomic E-state index is 13.5. The van der Waals surface area contributed by atoms with Crippen molar-refractivity contribution in [3.63, 3.8) is 0 Å². The summed E-state index contributed by atoms with van der Waals surface area (Å²) >= 11 is 0. The van der Waals surface area contributed by atoms with Crippen LogP contribution in [0.2, 0.25) is 0 Å². The number of carbonyl (C=O) groups is 2. The van der Waals surface area contributed by atoms with Crippen molar-refractivity contribution in [2.75, 3.05) is 54.3 Å². The number of rotatable bonds is 6. The number of nitrogens with one attached hydrogen (secondary N) is 3. The van der Waals surface area contributed by atoms with Gasteiger partial charge in [0.1, 0.15) is 0 Å². The van der Waals surface area contributed by atoms with E-state index in [9.17, 15) is 9.59 Å². The van der Waals surface area contributed by atoms with E-state index < -0.39 is 5.41 Å². The number of morpholine rings is 1. The van der Waals surface area contributed by atoms with Gasteiger partial charge in [-0.15, -0.1) is 0 Å². The fourth-order valence-corrected chi connectivity index (χ4v) is 5.42. The Kier molecular flexibility index (Phi) is 7.50. The van der Waals surface area contributed by atoms with E-state index in [0.717, 1.165) is 65.6 Å². The number of pyridine rings is 1. The third-order valence-electron chi connectivity index (χ3n) is 8.19. The number of carbonyl (C=O) groups excluding carboxylic acids is 2. The number of amides is 2. The maximum absolute atomic E-state index is 13.5. The van der Waals surface area contributed by atoms with Crippen molar-refractivity contribution in [3.8, 4) is 17.0 Å². The van der Waals surface area contributed by atoms with Gasteiger partial charge in [-0.05, 0) is 91.6 Å². The smallest absolute Gasteiger partial charge is 0.257 e. The zero-order valence-electron chi connectivity index (χ0n) is 24.8. The summed E-state index contributed by atoms with van der Waals surface area (Å²) in [5, 5.41) is 9.52. The second kappa shape index (κ2) is 11.4. The van der Waals surface area contributed by atoms with Crippen molar-refractivity contribution in [2.45, 2.75) is 26.2 Å². The van der Waals surface area contributed by atoms with Gasteiger partial charge in [-0.3, -0.25) is 9.59 Å². The fourth-order valence-electron chi connectivity index (χ4n) is 5.42. The number of benzene rings is 3. The van der Waals surface area contributed by atoms with Crippen LogP contribution >= 0.6 is 0 Å². The molecule has 1 aromatic heterocycles. The number of hydrogen-bond acceptors (Lipinski definition) is 7. The SMILES string of the molecule is COc1cc(-c2ccc3c(c2)Nc2ccc(C(C)(C)C(=O)Nc4ccc(N5CCOCC5)cc4)cc2NC3=O)c(C)cn1. The van der Waals surface area contributed by atoms with E-state index in [-0.39, 0.29) is 11.8 Å². The van der Waals surface area contributed by atoms with Crippen molar-refractivity contribution in [3.05, 3.63) is 89.6 Å². The largest absolute Gasteiger partial charge is 0.481 e. The van der Waals surface area contributed by atoms with Gasteiger partial charge in [0, 0.05) is 36.7 Å². The van der Waals surface area contributed by atoms with Crippen LogP contribution in [0.1, 0.15) is 35.3 Å². The summed E-state index contributed by atoms with van der Waals surface area (Å²) in [6, 6.07) is 21.2. The molecule has 220 valence electrons. The van der Waals surface area contributed by atoms with E-state index in [1.165, 1.54) is 0 Å². The molecule has 9 nitrogen and oxygen atoms in total. The molecule has 2 aliphatic rings. The average Bonchev–Trinajstić information content (AvgIpc) is 3.16. The Labute approximate surface area is 251 Å². The number of methoxy groups -OCH3 is 1. The fraction of sp³-hybridized carbons (Fsp3) is 0.265. The first kappa shape index (κ1) is 28.2. The number of aryl methyl sites for hydroxylation is 1. The highest BCUT2D eigenvalue weighted by Gasteiger charge is 2.31. The molecule has 2 aliphatic heterocycles. The van der Waals surface area contributed by atoms with E-state index >= 15 is 0 Å². The van der Waals surface area contributed by atoms with Gasteiger partial charge in [-0.2, -0.15) is 0 Å². The molecule has 3 aromatic carbocycles. The summed E-state index contributed by atoms with van der Waals surface area (Å²) in [5.41, 5.74) is 7.23. The molecule has 1 fully saturated rings. The molecular weight excluding hydrogens is 542 g/mol. The molecule has 0 bridgehead atoms. The lowest BCUT2D eigenvalue weighted by molar-refractivity contribution is -0.120. The first-order chi connectivity index (χ1) is 20.7. The van der Waals surface area contributed by atoms with E-state index in [4.69, 9.17) is 9.47 Å². The minimum atomic E-state index is -0.868. The molecule has 3 heterocycles. The Morgan fingerprint density at radius 3 is 2.44 bits per heavy atom. The third kappa shape index (κ3) is 5.63. The van der Waals surface area contributed by atoms with Gasteiger partial charge < -0.3 is 30.3 Å². The lowest BCUT2D eigenvalue weighted by Gasteiger charge is -2.29. The Morgan fingerprint density at radius 1 is 0.930 bits per heavy atom. The van der Waals surface area contributed by atoms with E-state index in [1.54, 1.807) is 13.3 Å². The van der Waals surface area contributed by atoms with Crippen LogP contribution in [0.15, 0.2) is 72.9 Å². The van der Waals surface area contributed by atoms with Crippen LogP contribution in [0, 0.1) is 6.92 Å². The van der Waals surface area contributed by atoms with Crippen LogP contribution < -0.4 is 25.6 Å². The van der Waals surface area contributed by atoms with Crippen LogP contribution in [-0.2, 0) is 14.9 Å². The molecule has 43 heavy (non-hydrogen) atoms. The zero-order chi connectivity index (χ0) is 30.1. The minimum absolute atomic E-state index is 0.143. The second-order valence-corrected chi connectivity index (χ2v) is 11.4. The predicted molar refractivity (Wildman–Crippen MR) is 170 cm³/mol. The summed E-state index contributed by atoms with van der Waals surface area (Å²) in [7, 11) is 1.59. The number of fused-ring (bicyclic) bond motifs is 2. The Hall–Kier alpha value is -4.89. The molecule has 0 spiro atoms. The molecule has 0 atom stereocenters. The molecule has 9 heteroatoms. The summed E-state index contributed by atoms with van der Waals surface area (Å²) < 4.78 is 10.8. The van der Waals surface area contributed by atoms with Crippen molar-refractivity contribution in [1.29, 1.82) is 0 Å². The van der Waals surface area contributed by atoms with Crippen LogP contribution in [0.25, 0.3) is 11.1 Å². The predicted octanol–water partition coefficient (Wildman–Crippen LogP) is 6.13. The highest BCUT2D eigenvalue weighted by Crippen LogP contribution is 2.38. The minimum Gasteiger partial charge on any atom is -0.481 e. The quantitative estimate of drug-likeness (QED) is 0.253. The van der Waals surface area contributed by atoms with Crippen molar-refractivity contribution >= 4 is 40.3 Å². The van der Waals surface area contributed by atoms with E-state index in [1.807, 2.05) is 87.5 Å². The first-order valence-electron chi connectivity index (χ1n) is 14.3. The summed E-state index contributed by atoms with van der Waals surface area (Å²) in [5.74, 6) is 0.155. The highest BCUT2D eigenvalue weighted by molar-refractivity contribution is 6.12. The van der Waals surface area contributed by atoms with Crippen LogP contribution in [-0.4, -0.2) is 50.2 Å². The number of nitrogens with zero attached hydrogens (tertiary/aromatic N) is 2. The first-order valence-corrected chi connectivity index (χ1v) is 14.3. The van der Waals surface area contributed by atoms with Gasteiger partial charge in [0.25, 0.3) is 5.91 Å². The van der Waals surface area contributed by atoms with Gasteiger partial charge >= 0.3 is 0 Å². The number of anilines is 5. The van der Waals surface area contributed by atoms with Gasteiger partial charge in [0.15, 0.2) is 0 Å². The van der Waals surface area contributed by atoms with Gasteiger partial charge in [0.05, 0.1) is 48.4 Å². The number of ether oxygens (including phenoxy) is 2. The molecule has 6 rings (SSSR count). The lowest BCUT2D eigenvalue weighted by atomic mass is 9.83. The molecular formula is C34H35N5O4. The number of hydrogen-bond donors (Lipinski definition) is 3. The maximum Gasteiger partial charge on any atom is 0.257 e. The average molecular weight is 578 g/mol. The zero-order valence-corrected chi connectivity index (χ0v) is 24.8. The third-order valence-corrected chi connectivity index (χ3v) is 8.19. The molecule has 4 aromatic rings. The van der Waals surface area contributed by atoms with Crippen molar-refractivity contribution < 1.29 is 19.1 Å². The summed E-state index contributed by atoms with van der Waals surface area (Å²) in [6.07, 6.45) is 1.77. The molecule has 1 saturated heterocycles. The normalized spacial score (nSPS) is 14.5. The van der Waals surface area contributed by atoms with Crippen LogP contribution in [0.5, 0.6) is 5.88 Å². The van der Waals surface area contributed by atoms with Gasteiger partial charge in [-0.25, -0.2) is 4.98 Å². The molecule has 0 radical (unpaired) electrons. The molecule has 3 N–H and O–H groups in total. The van der Waals surface area contributed by atoms with E-state index in [0.29, 0.717) is 22.8 Å². The summed E-state index contributed by atoms with van der Waals surface area (Å²) in [6.45, 7) is 8.90. The second-order valence-electron chi connectivity index (χ2n) is 11.4. The Balaban J connectivity index is 1.22. The topological polar surface area (TPSA) is 105 Å². The van der Waals surface area contributed by atoms with E-state index in [2.05, 4.69) is 25.8 Å². The van der Waals surface area contributed by atoms with Crippen LogP contribution in [0.4, 0.5) is 28.4 Å². The lowest BCUT2D eigenvalue weighted by Crippen LogP contribution is -2.36.